The normalized spacial score (nSPS) is 20.0. The summed E-state index contributed by atoms with van der Waals surface area (Å²) in [6, 6.07) is 3.18. The van der Waals surface area contributed by atoms with Crippen LogP contribution >= 0.6 is 11.8 Å². The summed E-state index contributed by atoms with van der Waals surface area (Å²) in [6.45, 7) is 8.14. The van der Waals surface area contributed by atoms with Crippen LogP contribution in [-0.2, 0) is 10.0 Å². The van der Waals surface area contributed by atoms with Gasteiger partial charge in [-0.25, -0.2) is 13.4 Å². The number of aromatic nitrogens is 1. The van der Waals surface area contributed by atoms with Crippen LogP contribution in [0.25, 0.3) is 0 Å². The van der Waals surface area contributed by atoms with Crippen molar-refractivity contribution in [3.8, 4) is 0 Å². The van der Waals surface area contributed by atoms with E-state index < -0.39 is 10.0 Å². The van der Waals surface area contributed by atoms with Crippen LogP contribution in [0.2, 0.25) is 0 Å². The topological polar surface area (TPSA) is 62.3 Å². The van der Waals surface area contributed by atoms with E-state index in [1.807, 2.05) is 18.7 Å². The highest BCUT2D eigenvalue weighted by Crippen LogP contribution is 2.32. The Balaban J connectivity index is 2.23. The molecule has 1 N–H and O–H groups in total. The molecule has 0 bridgehead atoms. The fourth-order valence-corrected chi connectivity index (χ4v) is 4.91. The molecule has 0 saturated carbocycles. The largest absolute Gasteiger partial charge is 0.370 e. The van der Waals surface area contributed by atoms with Crippen molar-refractivity contribution in [2.75, 3.05) is 30.7 Å². The van der Waals surface area contributed by atoms with Crippen LogP contribution < -0.4 is 5.32 Å². The Labute approximate surface area is 131 Å². The first-order chi connectivity index (χ1) is 9.85. The van der Waals surface area contributed by atoms with Gasteiger partial charge in [-0.3, -0.25) is 0 Å². The van der Waals surface area contributed by atoms with Gasteiger partial charge in [0.15, 0.2) is 0 Å². The molecule has 0 aromatic carbocycles. The lowest BCUT2D eigenvalue weighted by Gasteiger charge is -2.22. The van der Waals surface area contributed by atoms with Crippen molar-refractivity contribution in [2.24, 2.45) is 0 Å². The van der Waals surface area contributed by atoms with E-state index in [0.29, 0.717) is 30.3 Å². The van der Waals surface area contributed by atoms with Crippen molar-refractivity contribution in [3.05, 3.63) is 18.3 Å². The lowest BCUT2D eigenvalue weighted by molar-refractivity contribution is 0.415. The van der Waals surface area contributed by atoms with Crippen molar-refractivity contribution in [1.29, 1.82) is 0 Å². The first kappa shape index (κ1) is 16.6. The Morgan fingerprint density at radius 3 is 2.90 bits per heavy atom. The minimum Gasteiger partial charge on any atom is -0.370 e. The highest BCUT2D eigenvalue weighted by atomic mass is 32.2. The second kappa shape index (κ2) is 6.54. The second-order valence-electron chi connectivity index (χ2n) is 5.67. The number of hydrogen-bond acceptors (Lipinski definition) is 5. The fourth-order valence-electron chi connectivity index (χ4n) is 2.24. The van der Waals surface area contributed by atoms with E-state index in [4.69, 9.17) is 0 Å². The van der Waals surface area contributed by atoms with Crippen LogP contribution in [0.4, 0.5) is 5.82 Å². The van der Waals surface area contributed by atoms with Crippen LogP contribution in [0.1, 0.15) is 27.2 Å². The van der Waals surface area contributed by atoms with Crippen LogP contribution in [0.3, 0.4) is 0 Å². The van der Waals surface area contributed by atoms with Gasteiger partial charge >= 0.3 is 0 Å². The minimum atomic E-state index is -3.44. The summed E-state index contributed by atoms with van der Waals surface area (Å²) < 4.78 is 27.3. The molecule has 0 radical (unpaired) electrons. The molecular weight excluding hydrogens is 306 g/mol. The van der Waals surface area contributed by atoms with E-state index in [-0.39, 0.29) is 4.75 Å². The predicted octanol–water partition coefficient (Wildman–Crippen LogP) is 2.42. The third-order valence-electron chi connectivity index (χ3n) is 3.52. The van der Waals surface area contributed by atoms with Crippen molar-refractivity contribution in [2.45, 2.75) is 36.8 Å². The Morgan fingerprint density at radius 2 is 2.19 bits per heavy atom. The molecule has 21 heavy (non-hydrogen) atoms. The maximum absolute atomic E-state index is 12.8. The Bertz CT molecular complexity index is 588. The highest BCUT2D eigenvalue weighted by Gasteiger charge is 2.30. The van der Waals surface area contributed by atoms with Gasteiger partial charge in [0.25, 0.3) is 0 Å². The molecule has 0 unspecified atom stereocenters. The lowest BCUT2D eigenvalue weighted by atomic mass is 10.1. The van der Waals surface area contributed by atoms with Gasteiger partial charge in [0.2, 0.25) is 10.0 Å². The van der Waals surface area contributed by atoms with Crippen molar-refractivity contribution in [1.82, 2.24) is 9.29 Å². The third kappa shape index (κ3) is 4.11. The summed E-state index contributed by atoms with van der Waals surface area (Å²) in [5.74, 6) is 1.43. The average Bonchev–Trinajstić information content (AvgIpc) is 2.61. The standard InChI is InChI=1S/C14H23N3O2S2/c1-4-15-13-11-12(5-7-16-13)21(18,19)17-8-6-14(2,3)20-10-9-17/h5,7,11H,4,6,8-10H2,1-3H3,(H,15,16). The van der Waals surface area contributed by atoms with Crippen molar-refractivity contribution < 1.29 is 8.42 Å². The summed E-state index contributed by atoms with van der Waals surface area (Å²) in [5, 5.41) is 3.05. The molecule has 1 aromatic heterocycles. The smallest absolute Gasteiger partial charge is 0.243 e. The number of hydrogen-bond donors (Lipinski definition) is 1. The average molecular weight is 329 g/mol. The van der Waals surface area contributed by atoms with Gasteiger partial charge in [0, 0.05) is 42.4 Å². The molecule has 1 aliphatic rings. The zero-order valence-corrected chi connectivity index (χ0v) is 14.4. The van der Waals surface area contributed by atoms with E-state index in [9.17, 15) is 8.42 Å². The first-order valence-electron chi connectivity index (χ1n) is 7.19. The third-order valence-corrected chi connectivity index (χ3v) is 6.79. The quantitative estimate of drug-likeness (QED) is 0.919. The van der Waals surface area contributed by atoms with Gasteiger partial charge in [-0.15, -0.1) is 0 Å². The summed E-state index contributed by atoms with van der Waals surface area (Å²) in [7, 11) is -3.44. The molecule has 1 aliphatic heterocycles. The number of nitrogens with one attached hydrogen (secondary N) is 1. The van der Waals surface area contributed by atoms with Gasteiger partial charge in [-0.2, -0.15) is 16.1 Å². The van der Waals surface area contributed by atoms with Crippen LogP contribution in [0.5, 0.6) is 0 Å². The molecule has 0 aliphatic carbocycles. The Hall–Kier alpha value is -0.790. The van der Waals surface area contributed by atoms with E-state index in [0.717, 1.165) is 12.2 Å². The molecule has 0 amide bonds. The van der Waals surface area contributed by atoms with E-state index in [1.165, 1.54) is 0 Å². The second-order valence-corrected chi connectivity index (χ2v) is 9.41. The van der Waals surface area contributed by atoms with E-state index in [2.05, 4.69) is 24.1 Å². The molecular formula is C14H23N3O2S2. The summed E-state index contributed by atoms with van der Waals surface area (Å²) >= 11 is 1.84. The first-order valence-corrected chi connectivity index (χ1v) is 9.62. The monoisotopic (exact) mass is 329 g/mol. The zero-order chi connectivity index (χ0) is 15.5. The van der Waals surface area contributed by atoms with Crippen molar-refractivity contribution in [3.63, 3.8) is 0 Å². The molecule has 0 atom stereocenters. The van der Waals surface area contributed by atoms with Crippen LogP contribution in [0, 0.1) is 0 Å². The van der Waals surface area contributed by atoms with Gasteiger partial charge < -0.3 is 5.32 Å². The molecule has 118 valence electrons. The number of nitrogens with zero attached hydrogens (tertiary/aromatic N) is 2. The minimum absolute atomic E-state index is 0.136. The van der Waals surface area contributed by atoms with Crippen LogP contribution in [0.15, 0.2) is 23.2 Å². The number of pyridine rings is 1. The van der Waals surface area contributed by atoms with Gasteiger partial charge in [0.1, 0.15) is 5.82 Å². The maximum Gasteiger partial charge on any atom is 0.243 e. The molecule has 1 saturated heterocycles. The Morgan fingerprint density at radius 1 is 1.43 bits per heavy atom. The van der Waals surface area contributed by atoms with Crippen molar-refractivity contribution >= 4 is 27.6 Å². The molecule has 1 fully saturated rings. The lowest BCUT2D eigenvalue weighted by Crippen LogP contribution is -2.33. The van der Waals surface area contributed by atoms with Gasteiger partial charge in [-0.05, 0) is 19.4 Å². The highest BCUT2D eigenvalue weighted by molar-refractivity contribution is 8.00. The number of rotatable bonds is 4. The van der Waals surface area contributed by atoms with Gasteiger partial charge in [0.05, 0.1) is 4.90 Å². The van der Waals surface area contributed by atoms with E-state index >= 15 is 0 Å². The molecule has 1 aromatic rings. The Kier molecular flexibility index (Phi) is 5.16. The van der Waals surface area contributed by atoms with Crippen LogP contribution in [-0.4, -0.2) is 47.8 Å². The number of sulfonamides is 1. The molecule has 5 nitrogen and oxygen atoms in total. The van der Waals surface area contributed by atoms with E-state index in [1.54, 1.807) is 22.6 Å². The summed E-state index contributed by atoms with van der Waals surface area (Å²) in [5.41, 5.74) is 0. The summed E-state index contributed by atoms with van der Waals surface area (Å²) in [4.78, 5) is 4.45. The molecule has 7 heteroatoms. The zero-order valence-electron chi connectivity index (χ0n) is 12.8. The predicted molar refractivity (Wildman–Crippen MR) is 88.3 cm³/mol. The number of thioether (sulfide) groups is 1. The fraction of sp³-hybridized carbons (Fsp3) is 0.643. The summed E-state index contributed by atoms with van der Waals surface area (Å²) in [6.07, 6.45) is 2.41. The molecule has 2 heterocycles. The molecule has 2 rings (SSSR count). The SMILES string of the molecule is CCNc1cc(S(=O)(=O)N2CCSC(C)(C)CC2)ccn1. The number of anilines is 1. The maximum atomic E-state index is 12.8. The van der Waals surface area contributed by atoms with Gasteiger partial charge in [-0.1, -0.05) is 13.8 Å². The molecule has 0 spiro atoms.